The van der Waals surface area contributed by atoms with Crippen molar-refractivity contribution < 1.29 is 9.32 Å². The van der Waals surface area contributed by atoms with Crippen molar-refractivity contribution in [2.45, 2.75) is 13.5 Å². The van der Waals surface area contributed by atoms with Crippen LogP contribution >= 0.6 is 0 Å². The minimum absolute atomic E-state index is 0.130. The monoisotopic (exact) mass is 281 g/mol. The predicted octanol–water partition coefficient (Wildman–Crippen LogP) is 2.70. The van der Waals surface area contributed by atoms with Gasteiger partial charge in [0, 0.05) is 29.7 Å². The van der Waals surface area contributed by atoms with Crippen molar-refractivity contribution in [2.24, 2.45) is 0 Å². The first-order valence-corrected chi connectivity index (χ1v) is 6.66. The van der Waals surface area contributed by atoms with Gasteiger partial charge in [0.2, 0.25) is 0 Å². The summed E-state index contributed by atoms with van der Waals surface area (Å²) in [5.41, 5.74) is 2.35. The number of aryl methyl sites for hydroxylation is 1. The van der Waals surface area contributed by atoms with Gasteiger partial charge >= 0.3 is 0 Å². The summed E-state index contributed by atoms with van der Waals surface area (Å²) < 4.78 is 6.94. The van der Waals surface area contributed by atoms with Crippen molar-refractivity contribution in [1.82, 2.24) is 15.0 Å². The van der Waals surface area contributed by atoms with E-state index in [1.54, 1.807) is 18.2 Å². The number of benzene rings is 1. The van der Waals surface area contributed by atoms with E-state index < -0.39 is 0 Å². The van der Waals surface area contributed by atoms with Crippen LogP contribution in [0.5, 0.6) is 0 Å². The highest BCUT2D eigenvalue weighted by Gasteiger charge is 2.07. The highest BCUT2D eigenvalue weighted by atomic mass is 16.5. The van der Waals surface area contributed by atoms with Crippen LogP contribution in [0.25, 0.3) is 5.69 Å². The standard InChI is InChI=1S/C16H15N3O2/c1-12-10-14(18-21-12)11-17-16(20)13-4-6-15(7-5-13)19-8-2-3-9-19/h2-10H,11H2,1H3,(H,17,20). The highest BCUT2D eigenvalue weighted by molar-refractivity contribution is 5.94. The fourth-order valence-corrected chi connectivity index (χ4v) is 2.07. The van der Waals surface area contributed by atoms with E-state index in [0.717, 1.165) is 11.4 Å². The van der Waals surface area contributed by atoms with Gasteiger partial charge in [-0.25, -0.2) is 0 Å². The molecule has 0 radical (unpaired) electrons. The second kappa shape index (κ2) is 5.66. The Labute approximate surface area is 122 Å². The highest BCUT2D eigenvalue weighted by Crippen LogP contribution is 2.10. The molecule has 0 atom stereocenters. The lowest BCUT2D eigenvalue weighted by atomic mass is 10.2. The van der Waals surface area contributed by atoms with Crippen molar-refractivity contribution in [1.29, 1.82) is 0 Å². The first-order valence-electron chi connectivity index (χ1n) is 6.66. The zero-order chi connectivity index (χ0) is 14.7. The van der Waals surface area contributed by atoms with Crippen molar-refractivity contribution in [2.75, 3.05) is 0 Å². The van der Waals surface area contributed by atoms with Gasteiger partial charge in [0.15, 0.2) is 0 Å². The van der Waals surface area contributed by atoms with Gasteiger partial charge in [-0.15, -0.1) is 0 Å². The zero-order valence-corrected chi connectivity index (χ0v) is 11.6. The number of carbonyl (C=O) groups is 1. The van der Waals surface area contributed by atoms with Crippen LogP contribution in [-0.2, 0) is 6.54 Å². The number of aromatic nitrogens is 2. The molecular weight excluding hydrogens is 266 g/mol. The Hall–Kier alpha value is -2.82. The summed E-state index contributed by atoms with van der Waals surface area (Å²) in [6.07, 6.45) is 3.92. The summed E-state index contributed by atoms with van der Waals surface area (Å²) in [4.78, 5) is 12.0. The van der Waals surface area contributed by atoms with Gasteiger partial charge in [0.05, 0.1) is 6.54 Å². The van der Waals surface area contributed by atoms with Crippen molar-refractivity contribution >= 4 is 5.91 Å². The summed E-state index contributed by atoms with van der Waals surface area (Å²) in [6, 6.07) is 13.2. The fraction of sp³-hybridized carbons (Fsp3) is 0.125. The Kier molecular flexibility index (Phi) is 3.55. The number of hydrogen-bond donors (Lipinski definition) is 1. The zero-order valence-electron chi connectivity index (χ0n) is 11.6. The first-order chi connectivity index (χ1) is 10.2. The van der Waals surface area contributed by atoms with Crippen LogP contribution in [0, 0.1) is 6.92 Å². The predicted molar refractivity (Wildman–Crippen MR) is 78.2 cm³/mol. The number of nitrogens with one attached hydrogen (secondary N) is 1. The summed E-state index contributed by atoms with van der Waals surface area (Å²) >= 11 is 0. The normalized spacial score (nSPS) is 10.5. The molecule has 0 fully saturated rings. The molecule has 5 nitrogen and oxygen atoms in total. The molecule has 3 aromatic rings. The molecule has 0 aliphatic heterocycles. The largest absolute Gasteiger partial charge is 0.361 e. The molecule has 1 N–H and O–H groups in total. The molecule has 1 amide bonds. The van der Waals surface area contributed by atoms with Gasteiger partial charge in [0.1, 0.15) is 11.5 Å². The van der Waals surface area contributed by atoms with E-state index in [2.05, 4.69) is 10.5 Å². The maximum absolute atomic E-state index is 12.0. The lowest BCUT2D eigenvalue weighted by molar-refractivity contribution is 0.0950. The van der Waals surface area contributed by atoms with E-state index in [-0.39, 0.29) is 5.91 Å². The van der Waals surface area contributed by atoms with Gasteiger partial charge in [-0.2, -0.15) is 0 Å². The Balaban J connectivity index is 1.65. The van der Waals surface area contributed by atoms with Crippen LogP contribution in [0.3, 0.4) is 0 Å². The van der Waals surface area contributed by atoms with Crippen molar-refractivity contribution in [3.8, 4) is 5.69 Å². The molecule has 2 aromatic heterocycles. The van der Waals surface area contributed by atoms with E-state index in [0.29, 0.717) is 17.8 Å². The topological polar surface area (TPSA) is 60.1 Å². The molecule has 0 saturated carbocycles. The molecule has 106 valence electrons. The SMILES string of the molecule is Cc1cc(CNC(=O)c2ccc(-n3cccc3)cc2)no1. The lowest BCUT2D eigenvalue weighted by Crippen LogP contribution is -2.22. The Morgan fingerprint density at radius 1 is 1.24 bits per heavy atom. The summed E-state index contributed by atoms with van der Waals surface area (Å²) in [5, 5.41) is 6.65. The Morgan fingerprint density at radius 3 is 2.57 bits per heavy atom. The number of amides is 1. The fourth-order valence-electron chi connectivity index (χ4n) is 2.07. The molecule has 0 unspecified atom stereocenters. The number of hydrogen-bond acceptors (Lipinski definition) is 3. The Bertz CT molecular complexity index is 727. The van der Waals surface area contributed by atoms with Crippen LogP contribution in [0.2, 0.25) is 0 Å². The molecular formula is C16H15N3O2. The average molecular weight is 281 g/mol. The molecule has 5 heteroatoms. The van der Waals surface area contributed by atoms with Gasteiger partial charge in [-0.1, -0.05) is 5.16 Å². The summed E-state index contributed by atoms with van der Waals surface area (Å²) in [5.74, 6) is 0.602. The van der Waals surface area contributed by atoms with Crippen LogP contribution in [0.15, 0.2) is 59.4 Å². The van der Waals surface area contributed by atoms with E-state index in [9.17, 15) is 4.79 Å². The molecule has 0 bridgehead atoms. The van der Waals surface area contributed by atoms with E-state index in [1.807, 2.05) is 48.1 Å². The first kappa shape index (κ1) is 13.2. The molecule has 0 saturated heterocycles. The molecule has 0 spiro atoms. The second-order valence-electron chi connectivity index (χ2n) is 4.75. The lowest BCUT2D eigenvalue weighted by Gasteiger charge is -2.06. The third-order valence-corrected chi connectivity index (χ3v) is 3.14. The van der Waals surface area contributed by atoms with Crippen LogP contribution < -0.4 is 5.32 Å². The van der Waals surface area contributed by atoms with Crippen LogP contribution in [-0.4, -0.2) is 15.6 Å². The maximum Gasteiger partial charge on any atom is 0.251 e. The number of nitrogens with zero attached hydrogens (tertiary/aromatic N) is 2. The second-order valence-corrected chi connectivity index (χ2v) is 4.75. The minimum Gasteiger partial charge on any atom is -0.361 e. The van der Waals surface area contributed by atoms with E-state index in [1.165, 1.54) is 0 Å². The summed E-state index contributed by atoms with van der Waals surface area (Å²) in [6.45, 7) is 2.17. The third kappa shape index (κ3) is 3.02. The van der Waals surface area contributed by atoms with Gasteiger partial charge in [-0.05, 0) is 43.3 Å². The quantitative estimate of drug-likeness (QED) is 0.800. The third-order valence-electron chi connectivity index (χ3n) is 3.14. The van der Waals surface area contributed by atoms with Gasteiger partial charge < -0.3 is 14.4 Å². The van der Waals surface area contributed by atoms with E-state index >= 15 is 0 Å². The minimum atomic E-state index is -0.130. The summed E-state index contributed by atoms with van der Waals surface area (Å²) in [7, 11) is 0. The smallest absolute Gasteiger partial charge is 0.251 e. The van der Waals surface area contributed by atoms with Crippen molar-refractivity contribution in [3.63, 3.8) is 0 Å². The number of carbonyl (C=O) groups excluding carboxylic acids is 1. The average Bonchev–Trinajstić information content (AvgIpc) is 3.16. The van der Waals surface area contributed by atoms with Crippen LogP contribution in [0.1, 0.15) is 21.8 Å². The van der Waals surface area contributed by atoms with Crippen LogP contribution in [0.4, 0.5) is 0 Å². The molecule has 0 aliphatic carbocycles. The van der Waals surface area contributed by atoms with Crippen molar-refractivity contribution in [3.05, 3.63) is 71.9 Å². The molecule has 2 heterocycles. The Morgan fingerprint density at radius 2 is 1.95 bits per heavy atom. The molecule has 0 aliphatic rings. The molecule has 21 heavy (non-hydrogen) atoms. The van der Waals surface area contributed by atoms with Gasteiger partial charge in [0.25, 0.3) is 5.91 Å². The van der Waals surface area contributed by atoms with E-state index in [4.69, 9.17) is 4.52 Å². The molecule has 1 aromatic carbocycles. The number of rotatable bonds is 4. The maximum atomic E-state index is 12.0. The molecule has 3 rings (SSSR count). The van der Waals surface area contributed by atoms with Gasteiger partial charge in [-0.3, -0.25) is 4.79 Å².